The Bertz CT molecular complexity index is 1110. The number of rotatable bonds is 8. The van der Waals surface area contributed by atoms with Gasteiger partial charge in [0, 0.05) is 24.0 Å². The van der Waals surface area contributed by atoms with Gasteiger partial charge in [0.05, 0.1) is 7.11 Å². The van der Waals surface area contributed by atoms with Crippen LogP contribution in [0, 0.1) is 0 Å². The first-order valence-corrected chi connectivity index (χ1v) is 10.7. The van der Waals surface area contributed by atoms with E-state index in [9.17, 15) is 9.59 Å². The molecule has 0 fully saturated rings. The van der Waals surface area contributed by atoms with Crippen molar-refractivity contribution in [1.29, 1.82) is 0 Å². The summed E-state index contributed by atoms with van der Waals surface area (Å²) in [7, 11) is 1.53. The zero-order chi connectivity index (χ0) is 23.3. The third-order valence-corrected chi connectivity index (χ3v) is 5.15. The predicted octanol–water partition coefficient (Wildman–Crippen LogP) is 3.92. The molecule has 0 spiro atoms. The van der Waals surface area contributed by atoms with E-state index in [0.29, 0.717) is 30.3 Å². The highest BCUT2D eigenvalue weighted by Crippen LogP contribution is 2.28. The molecule has 0 saturated heterocycles. The third-order valence-electron chi connectivity index (χ3n) is 5.15. The summed E-state index contributed by atoms with van der Waals surface area (Å²) < 4.78 is 10.9. The molecule has 1 aromatic heterocycles. The minimum absolute atomic E-state index is 0.0382. The highest BCUT2D eigenvalue weighted by atomic mass is 16.5. The van der Waals surface area contributed by atoms with Crippen molar-refractivity contribution in [2.75, 3.05) is 20.3 Å². The molecule has 32 heavy (non-hydrogen) atoms. The minimum Gasteiger partial charge on any atom is -0.493 e. The number of ether oxygens (including phenoxy) is 2. The predicted molar refractivity (Wildman–Crippen MR) is 125 cm³/mol. The van der Waals surface area contributed by atoms with Crippen LogP contribution in [0.3, 0.4) is 0 Å². The van der Waals surface area contributed by atoms with Gasteiger partial charge in [-0.2, -0.15) is 0 Å². The van der Waals surface area contributed by atoms with Crippen LogP contribution in [0.15, 0.2) is 42.5 Å². The number of hydrogen-bond acceptors (Lipinski definition) is 4. The molecule has 0 atom stereocenters. The van der Waals surface area contributed by atoms with Crippen molar-refractivity contribution in [2.24, 2.45) is 0 Å². The van der Waals surface area contributed by atoms with Gasteiger partial charge in [0.1, 0.15) is 5.69 Å². The first-order chi connectivity index (χ1) is 15.2. The average Bonchev–Trinajstić information content (AvgIpc) is 3.19. The van der Waals surface area contributed by atoms with Gasteiger partial charge in [-0.3, -0.25) is 9.59 Å². The highest BCUT2D eigenvalue weighted by Gasteiger charge is 2.16. The standard InChI is InChI=1S/C25H31N3O4/c1-6-26-23(29)15-32-21-10-7-16(11-22(21)31-5)14-27-24(30)20-12-17-8-9-18(25(2,3)4)13-19(17)28-20/h7-13,28H,6,14-15H2,1-5H3,(H,26,29)(H,27,30). The van der Waals surface area contributed by atoms with E-state index in [1.807, 2.05) is 25.1 Å². The molecule has 0 aliphatic heterocycles. The second-order valence-corrected chi connectivity index (χ2v) is 8.65. The Hall–Kier alpha value is -3.48. The lowest BCUT2D eigenvalue weighted by molar-refractivity contribution is -0.123. The van der Waals surface area contributed by atoms with E-state index in [2.05, 4.69) is 48.5 Å². The number of carbonyl (C=O) groups is 2. The quantitative estimate of drug-likeness (QED) is 0.498. The smallest absolute Gasteiger partial charge is 0.267 e. The maximum Gasteiger partial charge on any atom is 0.267 e. The molecule has 3 aromatic rings. The molecule has 170 valence electrons. The lowest BCUT2D eigenvalue weighted by Crippen LogP contribution is -2.28. The Morgan fingerprint density at radius 1 is 1.00 bits per heavy atom. The molecule has 0 saturated carbocycles. The lowest BCUT2D eigenvalue weighted by Gasteiger charge is -2.18. The van der Waals surface area contributed by atoms with Crippen molar-refractivity contribution in [2.45, 2.75) is 39.7 Å². The Morgan fingerprint density at radius 2 is 1.78 bits per heavy atom. The van der Waals surface area contributed by atoms with Crippen LogP contribution < -0.4 is 20.1 Å². The number of H-pyrrole nitrogens is 1. The second kappa shape index (κ2) is 9.77. The maximum absolute atomic E-state index is 12.7. The van der Waals surface area contributed by atoms with Gasteiger partial charge in [-0.05, 0) is 47.7 Å². The number of benzene rings is 2. The summed E-state index contributed by atoms with van der Waals surface area (Å²) >= 11 is 0. The van der Waals surface area contributed by atoms with Gasteiger partial charge in [0.25, 0.3) is 11.8 Å². The summed E-state index contributed by atoms with van der Waals surface area (Å²) in [6, 6.07) is 13.4. The fourth-order valence-corrected chi connectivity index (χ4v) is 3.33. The first-order valence-electron chi connectivity index (χ1n) is 10.7. The van der Waals surface area contributed by atoms with Gasteiger partial charge in [-0.25, -0.2) is 0 Å². The van der Waals surface area contributed by atoms with Crippen LogP contribution in [0.25, 0.3) is 10.9 Å². The van der Waals surface area contributed by atoms with Gasteiger partial charge in [0.15, 0.2) is 18.1 Å². The number of hydrogen-bond donors (Lipinski definition) is 3. The molecule has 0 radical (unpaired) electrons. The number of aromatic amines is 1. The van der Waals surface area contributed by atoms with Gasteiger partial charge in [0.2, 0.25) is 0 Å². The van der Waals surface area contributed by atoms with E-state index >= 15 is 0 Å². The van der Waals surface area contributed by atoms with Gasteiger partial charge >= 0.3 is 0 Å². The summed E-state index contributed by atoms with van der Waals surface area (Å²) in [6.45, 7) is 9.12. The van der Waals surface area contributed by atoms with Crippen LogP contribution in [0.1, 0.15) is 49.3 Å². The summed E-state index contributed by atoms with van der Waals surface area (Å²) in [5.74, 6) is 0.591. The van der Waals surface area contributed by atoms with E-state index in [0.717, 1.165) is 16.5 Å². The normalized spacial score (nSPS) is 11.3. The molecule has 0 aliphatic rings. The van der Waals surface area contributed by atoms with Crippen molar-refractivity contribution >= 4 is 22.7 Å². The molecule has 0 bridgehead atoms. The zero-order valence-corrected chi connectivity index (χ0v) is 19.3. The molecular weight excluding hydrogens is 406 g/mol. The summed E-state index contributed by atoms with van der Waals surface area (Å²) in [6.07, 6.45) is 0. The molecule has 7 heteroatoms. The molecule has 7 nitrogen and oxygen atoms in total. The molecular formula is C25H31N3O4. The second-order valence-electron chi connectivity index (χ2n) is 8.65. The maximum atomic E-state index is 12.7. The Kier molecular flexibility index (Phi) is 7.08. The minimum atomic E-state index is -0.196. The van der Waals surface area contributed by atoms with Crippen LogP contribution in [0.5, 0.6) is 11.5 Å². The van der Waals surface area contributed by atoms with Crippen molar-refractivity contribution in [3.63, 3.8) is 0 Å². The van der Waals surface area contributed by atoms with Gasteiger partial charge in [-0.1, -0.05) is 39.0 Å². The van der Waals surface area contributed by atoms with Crippen LogP contribution in [0.2, 0.25) is 0 Å². The fraction of sp³-hybridized carbons (Fsp3) is 0.360. The number of fused-ring (bicyclic) bond motifs is 1. The molecule has 2 aromatic carbocycles. The lowest BCUT2D eigenvalue weighted by atomic mass is 9.87. The number of amides is 2. The van der Waals surface area contributed by atoms with E-state index in [4.69, 9.17) is 9.47 Å². The Morgan fingerprint density at radius 3 is 2.47 bits per heavy atom. The number of likely N-dealkylation sites (N-methyl/N-ethyl adjacent to an activating group) is 1. The molecule has 3 rings (SSSR count). The average molecular weight is 438 g/mol. The molecule has 3 N–H and O–H groups in total. The van der Waals surface area contributed by atoms with Crippen LogP contribution in [-0.4, -0.2) is 37.1 Å². The van der Waals surface area contributed by atoms with Crippen molar-refractivity contribution in [1.82, 2.24) is 15.6 Å². The van der Waals surface area contributed by atoms with Gasteiger partial charge < -0.3 is 25.1 Å². The largest absolute Gasteiger partial charge is 0.493 e. The highest BCUT2D eigenvalue weighted by molar-refractivity contribution is 5.98. The van der Waals surface area contributed by atoms with Crippen molar-refractivity contribution in [3.05, 3.63) is 59.3 Å². The van der Waals surface area contributed by atoms with Crippen LogP contribution in [0.4, 0.5) is 0 Å². The Labute approximate surface area is 188 Å². The SMILES string of the molecule is CCNC(=O)COc1ccc(CNC(=O)c2cc3ccc(C(C)(C)C)cc3[nH]2)cc1OC. The van der Waals surface area contributed by atoms with E-state index < -0.39 is 0 Å². The molecule has 0 unspecified atom stereocenters. The summed E-state index contributed by atoms with van der Waals surface area (Å²) in [5.41, 5.74) is 3.56. The third kappa shape index (κ3) is 5.60. The van der Waals surface area contributed by atoms with Crippen LogP contribution in [-0.2, 0) is 16.8 Å². The summed E-state index contributed by atoms with van der Waals surface area (Å²) in [4.78, 5) is 27.5. The first kappa shape index (κ1) is 23.2. The fourth-order valence-electron chi connectivity index (χ4n) is 3.33. The van der Waals surface area contributed by atoms with Crippen LogP contribution >= 0.6 is 0 Å². The topological polar surface area (TPSA) is 92.5 Å². The van der Waals surface area contributed by atoms with E-state index in [1.54, 1.807) is 12.1 Å². The number of nitrogens with one attached hydrogen (secondary N) is 3. The monoisotopic (exact) mass is 437 g/mol. The molecule has 2 amide bonds. The molecule has 0 aliphatic carbocycles. The van der Waals surface area contributed by atoms with E-state index in [1.165, 1.54) is 12.7 Å². The van der Waals surface area contributed by atoms with E-state index in [-0.39, 0.29) is 23.8 Å². The van der Waals surface area contributed by atoms with Gasteiger partial charge in [-0.15, -0.1) is 0 Å². The Balaban J connectivity index is 1.65. The molecule has 1 heterocycles. The zero-order valence-electron chi connectivity index (χ0n) is 19.3. The number of aromatic nitrogens is 1. The van der Waals surface area contributed by atoms with Crippen molar-refractivity contribution < 1.29 is 19.1 Å². The van der Waals surface area contributed by atoms with Crippen molar-refractivity contribution in [3.8, 4) is 11.5 Å². The summed E-state index contributed by atoms with van der Waals surface area (Å²) in [5, 5.41) is 6.60. The number of carbonyl (C=O) groups excluding carboxylic acids is 2. The number of methoxy groups -OCH3 is 1.